The van der Waals surface area contributed by atoms with Crippen molar-refractivity contribution in [1.82, 2.24) is 4.31 Å². The molecule has 1 N–H and O–H groups in total. The normalized spacial score (nSPS) is 17.0. The van der Waals surface area contributed by atoms with Gasteiger partial charge in [0.05, 0.1) is 22.3 Å². The van der Waals surface area contributed by atoms with Crippen LogP contribution in [-0.2, 0) is 10.0 Å². The smallest absolute Gasteiger partial charge is 0.293 e. The average molecular weight is 352 g/mol. The molecule has 1 heterocycles. The first-order chi connectivity index (χ1) is 11.4. The number of benzene rings is 1. The van der Waals surface area contributed by atoms with E-state index < -0.39 is 14.9 Å². The second-order valence-corrected chi connectivity index (χ2v) is 7.75. The highest BCUT2D eigenvalue weighted by Gasteiger charge is 2.28. The van der Waals surface area contributed by atoms with Crippen LogP contribution in [0.25, 0.3) is 0 Å². The maximum atomic E-state index is 12.6. The van der Waals surface area contributed by atoms with E-state index in [-0.39, 0.29) is 28.7 Å². The Morgan fingerprint density at radius 2 is 2.04 bits per heavy atom. The van der Waals surface area contributed by atoms with Crippen LogP contribution in [0, 0.1) is 21.4 Å². The summed E-state index contributed by atoms with van der Waals surface area (Å²) in [5.41, 5.74) is -0.0989. The van der Waals surface area contributed by atoms with E-state index in [4.69, 9.17) is 5.26 Å². The molecule has 24 heavy (non-hydrogen) atoms. The lowest BCUT2D eigenvalue weighted by Gasteiger charge is -2.26. The molecule has 9 heteroatoms. The fourth-order valence-corrected chi connectivity index (χ4v) is 4.19. The Morgan fingerprint density at radius 3 is 2.62 bits per heavy atom. The van der Waals surface area contributed by atoms with E-state index in [0.29, 0.717) is 13.1 Å². The van der Waals surface area contributed by atoms with Crippen molar-refractivity contribution in [2.24, 2.45) is 0 Å². The molecule has 0 aliphatic carbocycles. The molecule has 1 unspecified atom stereocenters. The van der Waals surface area contributed by atoms with Crippen molar-refractivity contribution in [2.45, 2.75) is 43.5 Å². The molecule has 1 atom stereocenters. The number of nitrogens with zero attached hydrogens (tertiary/aromatic N) is 3. The number of sulfonamides is 1. The molecule has 1 fully saturated rings. The van der Waals surface area contributed by atoms with E-state index in [1.165, 1.54) is 16.4 Å². The summed E-state index contributed by atoms with van der Waals surface area (Å²) < 4.78 is 26.7. The molecule has 1 aromatic carbocycles. The number of hydrogen-bond donors (Lipinski definition) is 1. The third-order valence-corrected chi connectivity index (χ3v) is 5.81. The van der Waals surface area contributed by atoms with E-state index in [2.05, 4.69) is 5.32 Å². The van der Waals surface area contributed by atoms with Gasteiger partial charge in [-0.1, -0.05) is 6.42 Å². The Balaban J connectivity index is 2.34. The molecule has 2 rings (SSSR count). The van der Waals surface area contributed by atoms with E-state index >= 15 is 0 Å². The summed E-state index contributed by atoms with van der Waals surface area (Å²) in [5, 5.41) is 22.9. The Kier molecular flexibility index (Phi) is 5.75. The average Bonchev–Trinajstić information content (AvgIpc) is 2.55. The molecular weight excluding hydrogens is 332 g/mol. The molecule has 0 amide bonds. The molecule has 1 aromatic rings. The topological polar surface area (TPSA) is 116 Å². The minimum Gasteiger partial charge on any atom is -0.376 e. The lowest BCUT2D eigenvalue weighted by Crippen LogP contribution is -2.35. The lowest BCUT2D eigenvalue weighted by molar-refractivity contribution is -0.384. The van der Waals surface area contributed by atoms with Gasteiger partial charge in [-0.15, -0.1) is 0 Å². The zero-order valence-electron chi connectivity index (χ0n) is 13.4. The van der Waals surface area contributed by atoms with Crippen molar-refractivity contribution in [1.29, 1.82) is 5.26 Å². The van der Waals surface area contributed by atoms with E-state index in [0.717, 1.165) is 25.3 Å². The van der Waals surface area contributed by atoms with Gasteiger partial charge in [-0.05, 0) is 31.9 Å². The summed E-state index contributed by atoms with van der Waals surface area (Å²) in [6.45, 7) is 2.61. The Morgan fingerprint density at radius 1 is 1.38 bits per heavy atom. The van der Waals surface area contributed by atoms with Gasteiger partial charge < -0.3 is 5.32 Å². The zero-order chi connectivity index (χ0) is 17.7. The van der Waals surface area contributed by atoms with Crippen molar-refractivity contribution in [3.63, 3.8) is 0 Å². The van der Waals surface area contributed by atoms with Crippen LogP contribution in [0.3, 0.4) is 0 Å². The zero-order valence-corrected chi connectivity index (χ0v) is 14.3. The van der Waals surface area contributed by atoms with E-state index in [9.17, 15) is 18.5 Å². The van der Waals surface area contributed by atoms with Gasteiger partial charge in [0.2, 0.25) is 10.0 Å². The van der Waals surface area contributed by atoms with Crippen LogP contribution < -0.4 is 5.32 Å². The van der Waals surface area contributed by atoms with Crippen molar-refractivity contribution in [2.75, 3.05) is 18.4 Å². The number of piperidine rings is 1. The first kappa shape index (κ1) is 18.2. The van der Waals surface area contributed by atoms with Crippen LogP contribution in [0.4, 0.5) is 11.4 Å². The number of nitrogens with one attached hydrogen (secondary N) is 1. The van der Waals surface area contributed by atoms with Crippen molar-refractivity contribution >= 4 is 21.4 Å². The lowest BCUT2D eigenvalue weighted by atomic mass is 10.2. The van der Waals surface area contributed by atoms with Gasteiger partial charge in [0.15, 0.2) is 0 Å². The number of nitro groups is 1. The summed E-state index contributed by atoms with van der Waals surface area (Å²) >= 11 is 0. The molecule has 1 aliphatic rings. The van der Waals surface area contributed by atoms with Gasteiger partial charge in [-0.3, -0.25) is 10.1 Å². The third-order valence-electron chi connectivity index (χ3n) is 3.92. The quantitative estimate of drug-likeness (QED) is 0.621. The standard InChI is InChI=1S/C15H20N4O4S/c1-12(7-8-16)17-14-6-5-13(11-15(14)19(20)21)24(22,23)18-9-3-2-4-10-18/h5-6,11-12,17H,2-4,7,9-10H2,1H3. The predicted octanol–water partition coefficient (Wildman–Crippen LogP) is 2.48. The van der Waals surface area contributed by atoms with Crippen molar-refractivity contribution < 1.29 is 13.3 Å². The molecule has 1 saturated heterocycles. The van der Waals surface area contributed by atoms with Crippen LogP contribution >= 0.6 is 0 Å². The highest BCUT2D eigenvalue weighted by atomic mass is 32.2. The van der Waals surface area contributed by atoms with Gasteiger partial charge in [0.1, 0.15) is 5.69 Å². The van der Waals surface area contributed by atoms with Gasteiger partial charge >= 0.3 is 0 Å². The van der Waals surface area contributed by atoms with E-state index in [1.807, 2.05) is 6.07 Å². The molecule has 130 valence electrons. The highest BCUT2D eigenvalue weighted by molar-refractivity contribution is 7.89. The molecule has 0 radical (unpaired) electrons. The number of nitro benzene ring substituents is 1. The van der Waals surface area contributed by atoms with Crippen LogP contribution in [0.1, 0.15) is 32.6 Å². The summed E-state index contributed by atoms with van der Waals surface area (Å²) in [7, 11) is -3.72. The van der Waals surface area contributed by atoms with Crippen LogP contribution in [0.15, 0.2) is 23.1 Å². The summed E-state index contributed by atoms with van der Waals surface area (Å²) in [6.07, 6.45) is 2.77. The van der Waals surface area contributed by atoms with Crippen molar-refractivity contribution in [3.05, 3.63) is 28.3 Å². The molecular formula is C15H20N4O4S. The number of nitriles is 1. The fraction of sp³-hybridized carbons (Fsp3) is 0.533. The summed E-state index contributed by atoms with van der Waals surface area (Å²) in [4.78, 5) is 10.6. The SMILES string of the molecule is CC(CC#N)Nc1ccc(S(=O)(=O)N2CCCCC2)cc1[N+](=O)[O-]. The van der Waals surface area contributed by atoms with Crippen LogP contribution in [-0.4, -0.2) is 36.8 Å². The second-order valence-electron chi connectivity index (χ2n) is 5.81. The molecule has 1 aliphatic heterocycles. The second kappa shape index (κ2) is 7.59. The molecule has 0 spiro atoms. The van der Waals surface area contributed by atoms with Gasteiger partial charge in [0, 0.05) is 25.2 Å². The number of rotatable bonds is 6. The van der Waals surface area contributed by atoms with Crippen molar-refractivity contribution in [3.8, 4) is 6.07 Å². The minimum absolute atomic E-state index is 0.0745. The molecule has 0 saturated carbocycles. The van der Waals surface area contributed by atoms with Gasteiger partial charge in [0.25, 0.3) is 5.69 Å². The van der Waals surface area contributed by atoms with Crippen LogP contribution in [0.2, 0.25) is 0 Å². The summed E-state index contributed by atoms with van der Waals surface area (Å²) in [6, 6.07) is 5.55. The third kappa shape index (κ3) is 4.01. The first-order valence-corrected chi connectivity index (χ1v) is 9.22. The molecule has 0 aromatic heterocycles. The Bertz CT molecular complexity index is 751. The predicted molar refractivity (Wildman–Crippen MR) is 89.0 cm³/mol. The van der Waals surface area contributed by atoms with Gasteiger partial charge in [-0.25, -0.2) is 8.42 Å². The fourth-order valence-electron chi connectivity index (χ4n) is 2.65. The Labute approximate surface area is 141 Å². The number of hydrogen-bond acceptors (Lipinski definition) is 6. The molecule has 8 nitrogen and oxygen atoms in total. The largest absolute Gasteiger partial charge is 0.376 e. The maximum Gasteiger partial charge on any atom is 0.293 e. The highest BCUT2D eigenvalue weighted by Crippen LogP contribution is 2.30. The Hall–Kier alpha value is -2.18. The number of anilines is 1. The van der Waals surface area contributed by atoms with Crippen LogP contribution in [0.5, 0.6) is 0 Å². The van der Waals surface area contributed by atoms with E-state index in [1.54, 1.807) is 6.92 Å². The monoisotopic (exact) mass is 352 g/mol. The molecule has 0 bridgehead atoms. The first-order valence-electron chi connectivity index (χ1n) is 7.78. The minimum atomic E-state index is -3.72. The summed E-state index contributed by atoms with van der Waals surface area (Å²) in [5.74, 6) is 0. The maximum absolute atomic E-state index is 12.6. The van der Waals surface area contributed by atoms with Gasteiger partial charge in [-0.2, -0.15) is 9.57 Å².